The molecule has 5 heteroatoms. The van der Waals surface area contributed by atoms with E-state index in [1.807, 2.05) is 41.3 Å². The highest BCUT2D eigenvalue weighted by atomic mass is 79.9. The van der Waals surface area contributed by atoms with Crippen LogP contribution in [0.3, 0.4) is 0 Å². The van der Waals surface area contributed by atoms with E-state index < -0.39 is 5.60 Å². The Balaban J connectivity index is 1.64. The van der Waals surface area contributed by atoms with Gasteiger partial charge in [0, 0.05) is 24.7 Å². The minimum Gasteiger partial charge on any atom is -0.385 e. The van der Waals surface area contributed by atoms with Crippen molar-refractivity contribution in [3.8, 4) is 0 Å². The topological polar surface area (TPSA) is 53.4 Å². The van der Waals surface area contributed by atoms with E-state index in [0.29, 0.717) is 18.5 Å². The third-order valence-electron chi connectivity index (χ3n) is 5.99. The summed E-state index contributed by atoms with van der Waals surface area (Å²) in [5.74, 6) is 0.108. The van der Waals surface area contributed by atoms with Crippen LogP contribution in [0.4, 0.5) is 0 Å². The lowest BCUT2D eigenvalue weighted by Gasteiger charge is -2.52. The number of halogens is 1. The fourth-order valence-corrected chi connectivity index (χ4v) is 4.92. The van der Waals surface area contributed by atoms with Gasteiger partial charge in [-0.25, -0.2) is 4.98 Å². The lowest BCUT2D eigenvalue weighted by molar-refractivity contribution is -0.110. The van der Waals surface area contributed by atoms with Crippen molar-refractivity contribution < 1.29 is 9.90 Å². The molecule has 2 fully saturated rings. The van der Waals surface area contributed by atoms with Crippen LogP contribution in [0, 0.1) is 5.92 Å². The van der Waals surface area contributed by atoms with Crippen molar-refractivity contribution in [2.24, 2.45) is 5.92 Å². The lowest BCUT2D eigenvalue weighted by atomic mass is 9.66. The SMILES string of the molecule is O=C(c1ccc(Br)nc1)N1CCC(O)(c2ccccc2)[C@@H]2CCCC[C@@H]21. The van der Waals surface area contributed by atoms with Gasteiger partial charge in [-0.1, -0.05) is 43.2 Å². The molecule has 3 atom stereocenters. The molecule has 1 amide bonds. The van der Waals surface area contributed by atoms with Crippen LogP contribution in [-0.4, -0.2) is 33.5 Å². The molecule has 1 aliphatic heterocycles. The average molecular weight is 415 g/mol. The van der Waals surface area contributed by atoms with E-state index >= 15 is 0 Å². The van der Waals surface area contributed by atoms with E-state index in [9.17, 15) is 9.90 Å². The monoisotopic (exact) mass is 414 g/mol. The van der Waals surface area contributed by atoms with Crippen LogP contribution in [0.25, 0.3) is 0 Å². The van der Waals surface area contributed by atoms with Gasteiger partial charge in [0.25, 0.3) is 5.91 Å². The minimum absolute atomic E-state index is 0.0250. The largest absolute Gasteiger partial charge is 0.385 e. The van der Waals surface area contributed by atoms with Gasteiger partial charge in [0.15, 0.2) is 0 Å². The molecule has 0 bridgehead atoms. The molecular weight excluding hydrogens is 392 g/mol. The molecule has 1 N–H and O–H groups in total. The number of aromatic nitrogens is 1. The maximum absolute atomic E-state index is 13.1. The number of hydrogen-bond donors (Lipinski definition) is 1. The molecule has 1 aliphatic carbocycles. The number of piperidine rings is 1. The highest BCUT2D eigenvalue weighted by Crippen LogP contribution is 2.47. The maximum atomic E-state index is 13.1. The summed E-state index contributed by atoms with van der Waals surface area (Å²) in [5, 5.41) is 11.6. The Labute approximate surface area is 162 Å². The molecule has 136 valence electrons. The molecule has 1 unspecified atom stereocenters. The summed E-state index contributed by atoms with van der Waals surface area (Å²) in [7, 11) is 0. The Morgan fingerprint density at radius 2 is 1.92 bits per heavy atom. The van der Waals surface area contributed by atoms with Gasteiger partial charge in [0.05, 0.1) is 11.2 Å². The van der Waals surface area contributed by atoms with Gasteiger partial charge in [-0.05, 0) is 52.9 Å². The number of pyridine rings is 1. The molecule has 2 aromatic rings. The van der Waals surface area contributed by atoms with E-state index in [2.05, 4.69) is 20.9 Å². The Morgan fingerprint density at radius 3 is 2.65 bits per heavy atom. The molecule has 1 saturated heterocycles. The summed E-state index contributed by atoms with van der Waals surface area (Å²) < 4.78 is 0.724. The first-order chi connectivity index (χ1) is 12.6. The summed E-state index contributed by atoms with van der Waals surface area (Å²) in [6, 6.07) is 13.7. The van der Waals surface area contributed by atoms with Crippen LogP contribution in [0.1, 0.15) is 48.0 Å². The average Bonchev–Trinajstić information content (AvgIpc) is 2.69. The number of rotatable bonds is 2. The van der Waals surface area contributed by atoms with Crippen molar-refractivity contribution in [3.63, 3.8) is 0 Å². The first kappa shape index (κ1) is 17.7. The molecule has 4 rings (SSSR count). The van der Waals surface area contributed by atoms with Crippen LogP contribution >= 0.6 is 15.9 Å². The van der Waals surface area contributed by atoms with Crippen LogP contribution in [0.15, 0.2) is 53.3 Å². The lowest BCUT2D eigenvalue weighted by Crippen LogP contribution is -2.59. The number of carbonyl (C=O) groups is 1. The summed E-state index contributed by atoms with van der Waals surface area (Å²) in [4.78, 5) is 19.3. The van der Waals surface area contributed by atoms with Gasteiger partial charge in [-0.15, -0.1) is 0 Å². The second-order valence-electron chi connectivity index (χ2n) is 7.37. The summed E-state index contributed by atoms with van der Waals surface area (Å²) in [5.41, 5.74) is 0.748. The first-order valence-corrected chi connectivity index (χ1v) is 10.1. The third-order valence-corrected chi connectivity index (χ3v) is 6.46. The molecule has 1 aromatic carbocycles. The Morgan fingerprint density at radius 1 is 1.15 bits per heavy atom. The van der Waals surface area contributed by atoms with Gasteiger partial charge in [0.1, 0.15) is 4.60 Å². The van der Waals surface area contributed by atoms with Crippen LogP contribution < -0.4 is 0 Å². The molecule has 2 aliphatic rings. The predicted octanol–water partition coefficient (Wildman–Crippen LogP) is 4.14. The van der Waals surface area contributed by atoms with Gasteiger partial charge in [-0.2, -0.15) is 0 Å². The maximum Gasteiger partial charge on any atom is 0.255 e. The van der Waals surface area contributed by atoms with E-state index in [-0.39, 0.29) is 17.9 Å². The Kier molecular flexibility index (Phi) is 4.84. The zero-order valence-corrected chi connectivity index (χ0v) is 16.2. The second kappa shape index (κ2) is 7.12. The summed E-state index contributed by atoms with van der Waals surface area (Å²) in [6.45, 7) is 0.571. The van der Waals surface area contributed by atoms with Crippen molar-refractivity contribution in [1.82, 2.24) is 9.88 Å². The number of fused-ring (bicyclic) bond motifs is 1. The van der Waals surface area contributed by atoms with Crippen molar-refractivity contribution >= 4 is 21.8 Å². The minimum atomic E-state index is -0.846. The quantitative estimate of drug-likeness (QED) is 0.751. The highest BCUT2D eigenvalue weighted by molar-refractivity contribution is 9.10. The zero-order chi connectivity index (χ0) is 18.1. The third kappa shape index (κ3) is 3.08. The fourth-order valence-electron chi connectivity index (χ4n) is 4.69. The van der Waals surface area contributed by atoms with Gasteiger partial charge < -0.3 is 10.0 Å². The number of aliphatic hydroxyl groups is 1. The number of hydrogen-bond acceptors (Lipinski definition) is 3. The molecule has 2 heterocycles. The van der Waals surface area contributed by atoms with Gasteiger partial charge >= 0.3 is 0 Å². The second-order valence-corrected chi connectivity index (χ2v) is 8.18. The van der Waals surface area contributed by atoms with E-state index in [1.54, 1.807) is 12.3 Å². The molecule has 1 saturated carbocycles. The summed E-state index contributed by atoms with van der Waals surface area (Å²) >= 11 is 3.32. The highest BCUT2D eigenvalue weighted by Gasteiger charge is 2.50. The molecular formula is C21H23BrN2O2. The normalized spacial score (nSPS) is 28.5. The van der Waals surface area contributed by atoms with E-state index in [1.165, 1.54) is 0 Å². The number of likely N-dealkylation sites (tertiary alicyclic amines) is 1. The van der Waals surface area contributed by atoms with E-state index in [4.69, 9.17) is 0 Å². The molecule has 26 heavy (non-hydrogen) atoms. The van der Waals surface area contributed by atoms with Crippen molar-refractivity contribution in [2.75, 3.05) is 6.54 Å². The number of benzene rings is 1. The van der Waals surface area contributed by atoms with Crippen LogP contribution in [0.5, 0.6) is 0 Å². The van der Waals surface area contributed by atoms with Crippen LogP contribution in [0.2, 0.25) is 0 Å². The van der Waals surface area contributed by atoms with Gasteiger partial charge in [0.2, 0.25) is 0 Å². The zero-order valence-electron chi connectivity index (χ0n) is 14.6. The van der Waals surface area contributed by atoms with Crippen molar-refractivity contribution in [3.05, 3.63) is 64.4 Å². The standard InChI is InChI=1S/C21H23BrN2O2/c22-19-11-10-15(14-23-19)20(25)24-13-12-21(26,16-6-2-1-3-7-16)17-8-4-5-9-18(17)24/h1-3,6-7,10-11,14,17-18,26H,4-5,8-9,12-13H2/t17-,18+,21?/m1/s1. The molecule has 1 aromatic heterocycles. The number of nitrogens with zero attached hydrogens (tertiary/aromatic N) is 2. The van der Waals surface area contributed by atoms with E-state index in [0.717, 1.165) is 35.8 Å². The summed E-state index contributed by atoms with van der Waals surface area (Å²) in [6.07, 6.45) is 6.33. The number of amides is 1. The Bertz CT molecular complexity index is 780. The molecule has 0 radical (unpaired) electrons. The van der Waals surface area contributed by atoms with Crippen molar-refractivity contribution in [1.29, 1.82) is 0 Å². The smallest absolute Gasteiger partial charge is 0.255 e. The van der Waals surface area contributed by atoms with Crippen LogP contribution in [-0.2, 0) is 5.60 Å². The molecule has 4 nitrogen and oxygen atoms in total. The van der Waals surface area contributed by atoms with Crippen molar-refractivity contribution in [2.45, 2.75) is 43.7 Å². The fraction of sp³-hybridized carbons (Fsp3) is 0.429. The molecule has 0 spiro atoms. The Hall–Kier alpha value is -1.72. The first-order valence-electron chi connectivity index (χ1n) is 9.30. The van der Waals surface area contributed by atoms with Gasteiger partial charge in [-0.3, -0.25) is 4.79 Å². The number of carbonyl (C=O) groups excluding carboxylic acids is 1. The predicted molar refractivity (Wildman–Crippen MR) is 104 cm³/mol.